The van der Waals surface area contributed by atoms with E-state index in [-0.39, 0.29) is 4.90 Å². The summed E-state index contributed by atoms with van der Waals surface area (Å²) in [5.41, 5.74) is 1.95. The van der Waals surface area contributed by atoms with Gasteiger partial charge in [0.1, 0.15) is 40.7 Å². The molecule has 0 unspecified atom stereocenters. The van der Waals surface area contributed by atoms with E-state index in [1.165, 1.54) is 30.9 Å². The molecular formula is C21H26N6O4S. The highest BCUT2D eigenvalue weighted by Gasteiger charge is 2.31. The van der Waals surface area contributed by atoms with Gasteiger partial charge in [-0.1, -0.05) is 0 Å². The maximum absolute atomic E-state index is 13.3. The Morgan fingerprint density at radius 3 is 2.25 bits per heavy atom. The number of sulfonamides is 1. The van der Waals surface area contributed by atoms with Crippen molar-refractivity contribution in [1.82, 2.24) is 23.8 Å². The van der Waals surface area contributed by atoms with Gasteiger partial charge < -0.3 is 14.4 Å². The maximum atomic E-state index is 13.3. The number of aryl methyl sites for hydroxylation is 1. The van der Waals surface area contributed by atoms with Crippen molar-refractivity contribution in [2.24, 2.45) is 0 Å². The zero-order chi connectivity index (χ0) is 22.9. The second kappa shape index (κ2) is 8.75. The van der Waals surface area contributed by atoms with Gasteiger partial charge in [-0.25, -0.2) is 23.4 Å². The Bertz CT molecular complexity index is 1220. The van der Waals surface area contributed by atoms with Crippen molar-refractivity contribution in [1.29, 1.82) is 0 Å². The molecule has 170 valence electrons. The van der Waals surface area contributed by atoms with Crippen LogP contribution in [0, 0.1) is 13.8 Å². The standard InChI is InChI=1S/C21H26N6O4S/c1-15-16(2)27(14-24-15)21-12-20(22-13-23-21)25-7-9-26(10-8-25)32(28,29)19-11-17(30-3)5-6-18(19)31-4/h5-6,11-14H,7-10H2,1-4H3. The zero-order valence-corrected chi connectivity index (χ0v) is 19.3. The van der Waals surface area contributed by atoms with Gasteiger partial charge in [-0.2, -0.15) is 4.31 Å². The number of benzene rings is 1. The van der Waals surface area contributed by atoms with Crippen LogP contribution < -0.4 is 14.4 Å². The molecule has 1 saturated heterocycles. The van der Waals surface area contributed by atoms with Gasteiger partial charge in [-0.15, -0.1) is 0 Å². The van der Waals surface area contributed by atoms with Crippen LogP contribution in [-0.2, 0) is 10.0 Å². The minimum absolute atomic E-state index is 0.100. The minimum atomic E-state index is -3.74. The summed E-state index contributed by atoms with van der Waals surface area (Å²) in [4.78, 5) is 15.2. The lowest BCUT2D eigenvalue weighted by molar-refractivity contribution is 0.370. The summed E-state index contributed by atoms with van der Waals surface area (Å²) in [6, 6.07) is 6.66. The summed E-state index contributed by atoms with van der Waals surface area (Å²) >= 11 is 0. The van der Waals surface area contributed by atoms with Crippen LogP contribution in [0.4, 0.5) is 5.82 Å². The lowest BCUT2D eigenvalue weighted by atomic mass is 10.3. The zero-order valence-electron chi connectivity index (χ0n) is 18.5. The van der Waals surface area contributed by atoms with E-state index in [1.54, 1.807) is 18.5 Å². The summed E-state index contributed by atoms with van der Waals surface area (Å²) in [7, 11) is -0.788. The van der Waals surface area contributed by atoms with E-state index in [2.05, 4.69) is 19.9 Å². The van der Waals surface area contributed by atoms with E-state index in [1.807, 2.05) is 24.5 Å². The first kappa shape index (κ1) is 22.0. The molecule has 1 fully saturated rings. The molecule has 10 nitrogen and oxygen atoms in total. The van der Waals surface area contributed by atoms with E-state index < -0.39 is 10.0 Å². The fraction of sp³-hybridized carbons (Fsp3) is 0.381. The fourth-order valence-electron chi connectivity index (χ4n) is 3.65. The smallest absolute Gasteiger partial charge is 0.247 e. The molecule has 0 N–H and O–H groups in total. The number of hydrogen-bond donors (Lipinski definition) is 0. The molecule has 0 radical (unpaired) electrons. The lowest BCUT2D eigenvalue weighted by Crippen LogP contribution is -2.49. The molecular weight excluding hydrogens is 432 g/mol. The molecule has 0 bridgehead atoms. The van der Waals surface area contributed by atoms with Crippen LogP contribution in [0.2, 0.25) is 0 Å². The lowest BCUT2D eigenvalue weighted by Gasteiger charge is -2.34. The largest absolute Gasteiger partial charge is 0.497 e. The molecule has 2 aromatic heterocycles. The highest BCUT2D eigenvalue weighted by molar-refractivity contribution is 7.89. The van der Waals surface area contributed by atoms with Crippen LogP contribution in [-0.4, -0.2) is 72.6 Å². The molecule has 1 aliphatic rings. The van der Waals surface area contributed by atoms with Gasteiger partial charge in [0.2, 0.25) is 10.0 Å². The third-order valence-electron chi connectivity index (χ3n) is 5.69. The van der Waals surface area contributed by atoms with Gasteiger partial charge in [-0.05, 0) is 26.0 Å². The SMILES string of the molecule is COc1ccc(OC)c(S(=O)(=O)N2CCN(c3cc(-n4cnc(C)c4C)ncn3)CC2)c1. The third kappa shape index (κ3) is 4.00. The third-order valence-corrected chi connectivity index (χ3v) is 7.61. The quantitative estimate of drug-likeness (QED) is 0.551. The van der Waals surface area contributed by atoms with Gasteiger partial charge in [-0.3, -0.25) is 4.57 Å². The average molecular weight is 459 g/mol. The van der Waals surface area contributed by atoms with Crippen LogP contribution >= 0.6 is 0 Å². The number of piperazine rings is 1. The Morgan fingerprint density at radius 1 is 0.906 bits per heavy atom. The van der Waals surface area contributed by atoms with Crippen molar-refractivity contribution in [2.45, 2.75) is 18.7 Å². The molecule has 32 heavy (non-hydrogen) atoms. The Balaban J connectivity index is 1.53. The summed E-state index contributed by atoms with van der Waals surface area (Å²) in [6.07, 6.45) is 3.26. The molecule has 3 heterocycles. The summed E-state index contributed by atoms with van der Waals surface area (Å²) in [5.74, 6) is 2.22. The summed E-state index contributed by atoms with van der Waals surface area (Å²) < 4.78 is 40.4. The van der Waals surface area contributed by atoms with Gasteiger partial charge in [0.05, 0.1) is 19.9 Å². The van der Waals surface area contributed by atoms with Gasteiger partial charge in [0.15, 0.2) is 0 Å². The number of imidazole rings is 1. The maximum Gasteiger partial charge on any atom is 0.247 e. The molecule has 4 rings (SSSR count). The number of rotatable bonds is 6. The van der Waals surface area contributed by atoms with E-state index in [0.29, 0.717) is 37.7 Å². The molecule has 0 amide bonds. The predicted molar refractivity (Wildman–Crippen MR) is 119 cm³/mol. The number of hydrogen-bond acceptors (Lipinski definition) is 8. The first-order chi connectivity index (χ1) is 15.3. The van der Waals surface area contributed by atoms with Crippen LogP contribution in [0.25, 0.3) is 5.82 Å². The van der Waals surface area contributed by atoms with Crippen LogP contribution in [0.3, 0.4) is 0 Å². The predicted octanol–water partition coefficient (Wildman–Crippen LogP) is 1.81. The van der Waals surface area contributed by atoms with Gasteiger partial charge in [0.25, 0.3) is 0 Å². The molecule has 1 aromatic carbocycles. The molecule has 0 aliphatic carbocycles. The first-order valence-electron chi connectivity index (χ1n) is 10.1. The van der Waals surface area contributed by atoms with E-state index in [0.717, 1.165) is 23.0 Å². The Labute approximate surface area is 187 Å². The number of aromatic nitrogens is 4. The van der Waals surface area contributed by atoms with Crippen molar-refractivity contribution >= 4 is 15.8 Å². The van der Waals surface area contributed by atoms with Crippen molar-refractivity contribution < 1.29 is 17.9 Å². The summed E-state index contributed by atoms with van der Waals surface area (Å²) in [6.45, 7) is 5.59. The van der Waals surface area contributed by atoms with Crippen molar-refractivity contribution in [2.75, 3.05) is 45.3 Å². The normalized spacial score (nSPS) is 15.1. The van der Waals surface area contributed by atoms with Gasteiger partial charge >= 0.3 is 0 Å². The number of anilines is 1. The molecule has 11 heteroatoms. The second-order valence-corrected chi connectivity index (χ2v) is 9.33. The second-order valence-electron chi connectivity index (χ2n) is 7.43. The highest BCUT2D eigenvalue weighted by Crippen LogP contribution is 2.31. The van der Waals surface area contributed by atoms with Gasteiger partial charge in [0, 0.05) is 44.0 Å². The van der Waals surface area contributed by atoms with Crippen molar-refractivity contribution in [3.8, 4) is 17.3 Å². The van der Waals surface area contributed by atoms with Crippen LogP contribution in [0.1, 0.15) is 11.4 Å². The van der Waals surface area contributed by atoms with E-state index >= 15 is 0 Å². The highest BCUT2D eigenvalue weighted by atomic mass is 32.2. The molecule has 0 saturated carbocycles. The minimum Gasteiger partial charge on any atom is -0.497 e. The summed E-state index contributed by atoms with van der Waals surface area (Å²) in [5, 5.41) is 0. The van der Waals surface area contributed by atoms with Crippen molar-refractivity contribution in [3.05, 3.63) is 48.3 Å². The Morgan fingerprint density at radius 2 is 1.62 bits per heavy atom. The molecule has 0 spiro atoms. The Hall–Kier alpha value is -3.18. The molecule has 0 atom stereocenters. The van der Waals surface area contributed by atoms with Crippen LogP contribution in [0.15, 0.2) is 41.8 Å². The van der Waals surface area contributed by atoms with E-state index in [4.69, 9.17) is 9.47 Å². The number of nitrogens with zero attached hydrogens (tertiary/aromatic N) is 6. The topological polar surface area (TPSA) is 103 Å². The first-order valence-corrected chi connectivity index (χ1v) is 11.6. The molecule has 3 aromatic rings. The van der Waals surface area contributed by atoms with E-state index in [9.17, 15) is 8.42 Å². The number of ether oxygens (including phenoxy) is 2. The average Bonchev–Trinajstić information content (AvgIpc) is 3.16. The Kier molecular flexibility index (Phi) is 6.02. The monoisotopic (exact) mass is 458 g/mol. The fourth-order valence-corrected chi connectivity index (χ4v) is 5.25. The van der Waals surface area contributed by atoms with Crippen LogP contribution in [0.5, 0.6) is 11.5 Å². The molecule has 1 aliphatic heterocycles. The number of methoxy groups -OCH3 is 2. The van der Waals surface area contributed by atoms with Crippen molar-refractivity contribution in [3.63, 3.8) is 0 Å².